The van der Waals surface area contributed by atoms with Crippen molar-refractivity contribution in [3.8, 4) is 11.8 Å². The fraction of sp³-hybridized carbons (Fsp3) is 0.200. The van der Waals surface area contributed by atoms with Gasteiger partial charge < -0.3 is 11.1 Å². The lowest BCUT2D eigenvalue weighted by atomic mass is 10.1. The van der Waals surface area contributed by atoms with E-state index in [4.69, 9.17) is 5.73 Å². The summed E-state index contributed by atoms with van der Waals surface area (Å²) in [6.07, 6.45) is 1.73. The summed E-state index contributed by atoms with van der Waals surface area (Å²) < 4.78 is 1.60. The maximum atomic E-state index is 11.9. The van der Waals surface area contributed by atoms with Gasteiger partial charge in [0.15, 0.2) is 0 Å². The summed E-state index contributed by atoms with van der Waals surface area (Å²) in [7, 11) is 1.77. The number of carbonyl (C=O) groups is 1. The van der Waals surface area contributed by atoms with E-state index in [1.807, 2.05) is 24.3 Å². The molecule has 102 valence electrons. The normalized spacial score (nSPS) is 9.70. The number of aryl methyl sites for hydroxylation is 1. The van der Waals surface area contributed by atoms with Crippen LogP contribution in [0.5, 0.6) is 0 Å². The van der Waals surface area contributed by atoms with E-state index in [0.717, 1.165) is 11.1 Å². The number of nitrogens with one attached hydrogen (secondary N) is 1. The third-order valence-electron chi connectivity index (χ3n) is 2.66. The number of nitrogens with zero attached hydrogens (tertiary/aromatic N) is 2. The Morgan fingerprint density at radius 2 is 2.30 bits per heavy atom. The molecule has 5 heteroatoms. The van der Waals surface area contributed by atoms with Crippen LogP contribution in [0.2, 0.25) is 0 Å². The highest BCUT2D eigenvalue weighted by atomic mass is 16.1. The fourth-order valence-corrected chi connectivity index (χ4v) is 1.72. The summed E-state index contributed by atoms with van der Waals surface area (Å²) in [4.78, 5) is 11.9. The lowest BCUT2D eigenvalue weighted by molar-refractivity contribution is 0.0945. The molecule has 3 N–H and O–H groups in total. The maximum Gasteiger partial charge on any atom is 0.272 e. The third-order valence-corrected chi connectivity index (χ3v) is 2.66. The lowest BCUT2D eigenvalue weighted by Crippen LogP contribution is -2.23. The third kappa shape index (κ3) is 3.70. The Kier molecular flexibility index (Phi) is 4.53. The molecule has 1 heterocycles. The Morgan fingerprint density at radius 3 is 3.00 bits per heavy atom. The number of benzene rings is 1. The second kappa shape index (κ2) is 6.55. The average molecular weight is 268 g/mol. The highest BCUT2D eigenvalue weighted by Crippen LogP contribution is 2.04. The summed E-state index contributed by atoms with van der Waals surface area (Å²) in [5.41, 5.74) is 7.62. The number of hydrogen-bond donors (Lipinski definition) is 2. The molecule has 20 heavy (non-hydrogen) atoms. The SMILES string of the molecule is Cn1ccc(C(=O)NCc2cccc(C#CCN)c2)n1. The van der Waals surface area contributed by atoms with E-state index >= 15 is 0 Å². The minimum Gasteiger partial charge on any atom is -0.347 e. The van der Waals surface area contributed by atoms with Gasteiger partial charge in [0.1, 0.15) is 5.69 Å². The van der Waals surface area contributed by atoms with Crippen molar-refractivity contribution in [2.24, 2.45) is 12.8 Å². The van der Waals surface area contributed by atoms with Crippen molar-refractivity contribution in [3.63, 3.8) is 0 Å². The molecule has 0 unspecified atom stereocenters. The Bertz CT molecular complexity index is 664. The van der Waals surface area contributed by atoms with Crippen molar-refractivity contribution < 1.29 is 4.79 Å². The first kappa shape index (κ1) is 13.8. The van der Waals surface area contributed by atoms with Crippen molar-refractivity contribution in [1.29, 1.82) is 0 Å². The maximum absolute atomic E-state index is 11.9. The number of rotatable bonds is 3. The number of hydrogen-bond acceptors (Lipinski definition) is 3. The molecule has 0 aliphatic heterocycles. The van der Waals surface area contributed by atoms with Gasteiger partial charge in [-0.25, -0.2) is 0 Å². The van der Waals surface area contributed by atoms with Gasteiger partial charge >= 0.3 is 0 Å². The van der Waals surface area contributed by atoms with Crippen molar-refractivity contribution in [2.45, 2.75) is 6.54 Å². The second-order valence-corrected chi connectivity index (χ2v) is 4.26. The first-order valence-electron chi connectivity index (χ1n) is 6.25. The smallest absolute Gasteiger partial charge is 0.272 e. The van der Waals surface area contributed by atoms with Gasteiger partial charge in [0.25, 0.3) is 5.91 Å². The van der Waals surface area contributed by atoms with E-state index in [2.05, 4.69) is 22.3 Å². The Labute approximate surface area is 117 Å². The summed E-state index contributed by atoms with van der Waals surface area (Å²) in [6, 6.07) is 9.36. The molecule has 0 saturated heterocycles. The van der Waals surface area contributed by atoms with Gasteiger partial charge in [-0.15, -0.1) is 0 Å². The Balaban J connectivity index is 1.98. The fourth-order valence-electron chi connectivity index (χ4n) is 1.72. The van der Waals surface area contributed by atoms with Gasteiger partial charge in [-0.2, -0.15) is 5.10 Å². The van der Waals surface area contributed by atoms with Crippen LogP contribution in [0.15, 0.2) is 36.5 Å². The predicted molar refractivity (Wildman–Crippen MR) is 76.8 cm³/mol. The van der Waals surface area contributed by atoms with Crippen LogP contribution < -0.4 is 11.1 Å². The number of amides is 1. The van der Waals surface area contributed by atoms with Gasteiger partial charge in [0, 0.05) is 25.4 Å². The molecule has 0 radical (unpaired) electrons. The number of carbonyl (C=O) groups excluding carboxylic acids is 1. The van der Waals surface area contributed by atoms with Gasteiger partial charge in [-0.3, -0.25) is 9.48 Å². The van der Waals surface area contributed by atoms with E-state index in [1.54, 1.807) is 24.0 Å². The predicted octanol–water partition coefficient (Wildman–Crippen LogP) is 0.660. The zero-order valence-corrected chi connectivity index (χ0v) is 11.3. The quantitative estimate of drug-likeness (QED) is 0.803. The van der Waals surface area contributed by atoms with Crippen LogP contribution in [0.4, 0.5) is 0 Å². The molecule has 0 saturated carbocycles. The van der Waals surface area contributed by atoms with Gasteiger partial charge in [-0.05, 0) is 23.8 Å². The molecule has 0 bridgehead atoms. The summed E-state index contributed by atoms with van der Waals surface area (Å²) in [5.74, 6) is 5.58. The molecule has 0 spiro atoms. The highest BCUT2D eigenvalue weighted by molar-refractivity contribution is 5.92. The Hall–Kier alpha value is -2.58. The monoisotopic (exact) mass is 268 g/mol. The van der Waals surface area contributed by atoms with Crippen LogP contribution in [0.1, 0.15) is 21.6 Å². The Morgan fingerprint density at radius 1 is 1.45 bits per heavy atom. The first-order valence-corrected chi connectivity index (χ1v) is 6.25. The molecule has 1 aromatic carbocycles. The van der Waals surface area contributed by atoms with Crippen LogP contribution in [0, 0.1) is 11.8 Å². The van der Waals surface area contributed by atoms with Crippen LogP contribution in [-0.4, -0.2) is 22.2 Å². The van der Waals surface area contributed by atoms with Crippen LogP contribution >= 0.6 is 0 Å². The molecular formula is C15H16N4O. The van der Waals surface area contributed by atoms with Crippen molar-refractivity contribution in [2.75, 3.05) is 6.54 Å². The van der Waals surface area contributed by atoms with Crippen LogP contribution in [0.3, 0.4) is 0 Å². The molecule has 1 amide bonds. The van der Waals surface area contributed by atoms with Crippen molar-refractivity contribution >= 4 is 5.91 Å². The molecular weight excluding hydrogens is 252 g/mol. The molecule has 1 aromatic heterocycles. The standard InChI is InChI=1S/C15H16N4O/c1-19-9-7-14(18-19)15(20)17-11-13-5-2-4-12(10-13)6-3-8-16/h2,4-5,7,9-10H,8,11,16H2,1H3,(H,17,20). The van der Waals surface area contributed by atoms with E-state index in [1.165, 1.54) is 0 Å². The van der Waals surface area contributed by atoms with E-state index < -0.39 is 0 Å². The molecule has 0 fully saturated rings. The molecule has 0 aliphatic carbocycles. The zero-order valence-electron chi connectivity index (χ0n) is 11.3. The summed E-state index contributed by atoms with van der Waals surface area (Å²) in [6.45, 7) is 0.772. The van der Waals surface area contributed by atoms with Gasteiger partial charge in [0.2, 0.25) is 0 Å². The van der Waals surface area contributed by atoms with E-state index in [0.29, 0.717) is 18.8 Å². The topological polar surface area (TPSA) is 72.9 Å². The van der Waals surface area contributed by atoms with Crippen molar-refractivity contribution in [3.05, 3.63) is 53.3 Å². The lowest BCUT2D eigenvalue weighted by Gasteiger charge is -2.04. The molecule has 0 aliphatic rings. The second-order valence-electron chi connectivity index (χ2n) is 4.26. The largest absolute Gasteiger partial charge is 0.347 e. The summed E-state index contributed by atoms with van der Waals surface area (Å²) in [5, 5.41) is 6.87. The summed E-state index contributed by atoms with van der Waals surface area (Å²) >= 11 is 0. The molecule has 2 rings (SSSR count). The number of nitrogens with two attached hydrogens (primary N) is 1. The molecule has 2 aromatic rings. The number of aromatic nitrogens is 2. The van der Waals surface area contributed by atoms with Crippen LogP contribution in [0.25, 0.3) is 0 Å². The minimum atomic E-state index is -0.191. The first-order chi connectivity index (χ1) is 9.69. The highest BCUT2D eigenvalue weighted by Gasteiger charge is 2.07. The molecule has 0 atom stereocenters. The van der Waals surface area contributed by atoms with E-state index in [9.17, 15) is 4.79 Å². The molecule has 5 nitrogen and oxygen atoms in total. The van der Waals surface area contributed by atoms with Gasteiger partial charge in [0.05, 0.1) is 6.54 Å². The van der Waals surface area contributed by atoms with Crippen LogP contribution in [-0.2, 0) is 13.6 Å². The zero-order chi connectivity index (χ0) is 14.4. The minimum absolute atomic E-state index is 0.191. The van der Waals surface area contributed by atoms with Crippen molar-refractivity contribution in [1.82, 2.24) is 15.1 Å². The van der Waals surface area contributed by atoms with Gasteiger partial charge in [-0.1, -0.05) is 24.0 Å². The van der Waals surface area contributed by atoms with E-state index in [-0.39, 0.29) is 5.91 Å². The average Bonchev–Trinajstić information content (AvgIpc) is 2.90.